The predicted molar refractivity (Wildman–Crippen MR) is 117 cm³/mol. The number of aromatic nitrogens is 1. The van der Waals surface area contributed by atoms with Gasteiger partial charge in [-0.05, 0) is 42.2 Å². The molecular formula is C21H29N3O5S. The van der Waals surface area contributed by atoms with E-state index >= 15 is 0 Å². The van der Waals surface area contributed by atoms with Crippen molar-refractivity contribution in [3.8, 4) is 0 Å². The van der Waals surface area contributed by atoms with E-state index in [2.05, 4.69) is 10.0 Å². The van der Waals surface area contributed by atoms with E-state index in [-0.39, 0.29) is 22.8 Å². The van der Waals surface area contributed by atoms with Crippen molar-refractivity contribution in [3.63, 3.8) is 0 Å². The van der Waals surface area contributed by atoms with Crippen LogP contribution in [0.1, 0.15) is 36.2 Å². The molecule has 1 aromatic carbocycles. The Morgan fingerprint density at radius 1 is 1.20 bits per heavy atom. The first-order chi connectivity index (χ1) is 14.2. The lowest BCUT2D eigenvalue weighted by atomic mass is 10.2. The second kappa shape index (κ2) is 11.1. The highest BCUT2D eigenvalue weighted by Gasteiger charge is 2.15. The number of methoxy groups -OCH3 is 1. The highest BCUT2D eigenvalue weighted by atomic mass is 32.2. The number of carbonyl (C=O) groups is 1. The van der Waals surface area contributed by atoms with Gasteiger partial charge in [0.25, 0.3) is 11.5 Å². The molecule has 0 atom stereocenters. The zero-order valence-electron chi connectivity index (χ0n) is 17.6. The number of anilines is 1. The maximum atomic E-state index is 12.6. The number of nitrogens with zero attached hydrogens (tertiary/aromatic N) is 1. The lowest BCUT2D eigenvalue weighted by Crippen LogP contribution is -2.29. The second-order valence-electron chi connectivity index (χ2n) is 7.42. The molecule has 9 heteroatoms. The third-order valence-electron chi connectivity index (χ3n) is 4.27. The molecule has 2 N–H and O–H groups in total. The van der Waals surface area contributed by atoms with Crippen LogP contribution in [-0.4, -0.2) is 39.2 Å². The molecule has 1 heterocycles. The van der Waals surface area contributed by atoms with Gasteiger partial charge in [0.1, 0.15) is 5.56 Å². The second-order valence-corrected chi connectivity index (χ2v) is 9.23. The molecule has 164 valence electrons. The van der Waals surface area contributed by atoms with E-state index in [1.54, 1.807) is 43.6 Å². The van der Waals surface area contributed by atoms with E-state index in [4.69, 9.17) is 4.74 Å². The molecule has 2 aromatic rings. The summed E-state index contributed by atoms with van der Waals surface area (Å²) in [7, 11) is -1.89. The van der Waals surface area contributed by atoms with E-state index in [1.807, 2.05) is 13.8 Å². The van der Waals surface area contributed by atoms with Crippen LogP contribution in [0.15, 0.2) is 47.4 Å². The fourth-order valence-corrected chi connectivity index (χ4v) is 4.07. The molecule has 30 heavy (non-hydrogen) atoms. The third kappa shape index (κ3) is 7.40. The summed E-state index contributed by atoms with van der Waals surface area (Å²) in [4.78, 5) is 25.2. The predicted octanol–water partition coefficient (Wildman–Crippen LogP) is 2.21. The standard InChI is InChI=1S/C21H29N3O5S/c1-16(2)14-22-30(27,28)15-17-7-4-8-18(13-17)23-20(25)19-9-5-10-24(21(19)26)11-6-12-29-3/h4-5,7-10,13,16,22H,6,11-12,14-15H2,1-3H3,(H,23,25). The van der Waals surface area contributed by atoms with E-state index in [0.29, 0.717) is 37.4 Å². The molecule has 0 radical (unpaired) electrons. The minimum atomic E-state index is -3.48. The lowest BCUT2D eigenvalue weighted by Gasteiger charge is -2.11. The minimum Gasteiger partial charge on any atom is -0.385 e. The van der Waals surface area contributed by atoms with Crippen molar-refractivity contribution >= 4 is 21.6 Å². The van der Waals surface area contributed by atoms with Gasteiger partial charge in [-0.1, -0.05) is 26.0 Å². The first-order valence-electron chi connectivity index (χ1n) is 9.78. The van der Waals surface area contributed by atoms with E-state index in [0.717, 1.165) is 0 Å². The molecule has 0 aliphatic heterocycles. The molecule has 1 amide bonds. The Hall–Kier alpha value is -2.49. The Labute approximate surface area is 177 Å². The summed E-state index contributed by atoms with van der Waals surface area (Å²) < 4.78 is 33.4. The van der Waals surface area contributed by atoms with Crippen LogP contribution < -0.4 is 15.6 Å². The Morgan fingerprint density at radius 3 is 2.67 bits per heavy atom. The molecule has 0 aliphatic carbocycles. The SMILES string of the molecule is COCCCn1cccc(C(=O)Nc2cccc(CS(=O)(=O)NCC(C)C)c2)c1=O. The Morgan fingerprint density at radius 2 is 1.97 bits per heavy atom. The van der Waals surface area contributed by atoms with Crippen molar-refractivity contribution in [1.82, 2.24) is 9.29 Å². The molecule has 2 rings (SSSR count). The molecule has 1 aromatic heterocycles. The number of amides is 1. The Balaban J connectivity index is 2.10. The maximum absolute atomic E-state index is 12.6. The zero-order valence-corrected chi connectivity index (χ0v) is 18.4. The molecule has 0 saturated carbocycles. The van der Waals surface area contributed by atoms with Crippen LogP contribution in [0.4, 0.5) is 5.69 Å². The average Bonchev–Trinajstić information content (AvgIpc) is 2.68. The van der Waals surface area contributed by atoms with Gasteiger partial charge in [0.2, 0.25) is 10.0 Å². The van der Waals surface area contributed by atoms with Crippen LogP contribution in [-0.2, 0) is 27.1 Å². The zero-order chi connectivity index (χ0) is 22.1. The van der Waals surface area contributed by atoms with Crippen LogP contribution in [0.3, 0.4) is 0 Å². The van der Waals surface area contributed by atoms with Crippen LogP contribution in [0.25, 0.3) is 0 Å². The normalized spacial score (nSPS) is 11.6. The number of sulfonamides is 1. The van der Waals surface area contributed by atoms with Gasteiger partial charge in [0.05, 0.1) is 5.75 Å². The topological polar surface area (TPSA) is 106 Å². The van der Waals surface area contributed by atoms with Gasteiger partial charge in [0.15, 0.2) is 0 Å². The number of aryl methyl sites for hydroxylation is 1. The van der Waals surface area contributed by atoms with Crippen LogP contribution >= 0.6 is 0 Å². The monoisotopic (exact) mass is 435 g/mol. The van der Waals surface area contributed by atoms with Crippen LogP contribution in [0, 0.1) is 5.92 Å². The molecule has 0 spiro atoms. The van der Waals surface area contributed by atoms with Gasteiger partial charge >= 0.3 is 0 Å². The van der Waals surface area contributed by atoms with Crippen molar-refractivity contribution in [2.24, 2.45) is 5.92 Å². The molecule has 0 aliphatic rings. The van der Waals surface area contributed by atoms with Crippen molar-refractivity contribution in [3.05, 3.63) is 64.1 Å². The largest absolute Gasteiger partial charge is 0.385 e. The number of pyridine rings is 1. The van der Waals surface area contributed by atoms with Crippen molar-refractivity contribution in [2.45, 2.75) is 32.6 Å². The quantitative estimate of drug-likeness (QED) is 0.527. The molecular weight excluding hydrogens is 406 g/mol. The van der Waals surface area contributed by atoms with Gasteiger partial charge in [0, 0.05) is 38.7 Å². The van der Waals surface area contributed by atoms with Crippen molar-refractivity contribution in [1.29, 1.82) is 0 Å². The minimum absolute atomic E-state index is 0.0199. The molecule has 0 unspecified atom stereocenters. The molecule has 8 nitrogen and oxygen atoms in total. The number of nitrogens with one attached hydrogen (secondary N) is 2. The number of hydrogen-bond donors (Lipinski definition) is 2. The number of rotatable bonds is 11. The van der Waals surface area contributed by atoms with E-state index in [9.17, 15) is 18.0 Å². The Bertz CT molecular complexity index is 1020. The highest BCUT2D eigenvalue weighted by Crippen LogP contribution is 2.14. The molecule has 0 bridgehead atoms. The van der Waals surface area contributed by atoms with Gasteiger partial charge in [-0.3, -0.25) is 9.59 Å². The van der Waals surface area contributed by atoms with Gasteiger partial charge in [-0.2, -0.15) is 0 Å². The van der Waals surface area contributed by atoms with Crippen LogP contribution in [0.2, 0.25) is 0 Å². The fraction of sp³-hybridized carbons (Fsp3) is 0.429. The smallest absolute Gasteiger partial charge is 0.263 e. The number of carbonyl (C=O) groups excluding carboxylic acids is 1. The summed E-state index contributed by atoms with van der Waals surface area (Å²) in [6.07, 6.45) is 2.28. The maximum Gasteiger partial charge on any atom is 0.263 e. The van der Waals surface area contributed by atoms with Gasteiger partial charge in [-0.25, -0.2) is 13.1 Å². The summed E-state index contributed by atoms with van der Waals surface area (Å²) in [5.41, 5.74) is 0.592. The molecule has 0 saturated heterocycles. The van der Waals surface area contributed by atoms with Crippen molar-refractivity contribution < 1.29 is 17.9 Å². The first kappa shape index (κ1) is 23.8. The van der Waals surface area contributed by atoms with E-state index in [1.165, 1.54) is 10.6 Å². The summed E-state index contributed by atoms with van der Waals surface area (Å²) in [6, 6.07) is 9.69. The highest BCUT2D eigenvalue weighted by molar-refractivity contribution is 7.88. The summed E-state index contributed by atoms with van der Waals surface area (Å²) in [6.45, 7) is 5.18. The number of benzene rings is 1. The summed E-state index contributed by atoms with van der Waals surface area (Å²) in [5.74, 6) is -0.532. The first-order valence-corrected chi connectivity index (χ1v) is 11.4. The summed E-state index contributed by atoms with van der Waals surface area (Å²) >= 11 is 0. The fourth-order valence-electron chi connectivity index (χ4n) is 2.77. The average molecular weight is 436 g/mol. The van der Waals surface area contributed by atoms with Crippen LogP contribution in [0.5, 0.6) is 0 Å². The molecule has 0 fully saturated rings. The third-order valence-corrected chi connectivity index (χ3v) is 5.59. The van der Waals surface area contributed by atoms with Gasteiger partial charge in [-0.15, -0.1) is 0 Å². The number of ether oxygens (including phenoxy) is 1. The van der Waals surface area contributed by atoms with Crippen molar-refractivity contribution in [2.75, 3.05) is 25.6 Å². The Kier molecular flexibility index (Phi) is 8.76. The summed E-state index contributed by atoms with van der Waals surface area (Å²) in [5, 5.41) is 2.68. The van der Waals surface area contributed by atoms with Gasteiger partial charge < -0.3 is 14.6 Å². The number of hydrogen-bond acceptors (Lipinski definition) is 5. The lowest BCUT2D eigenvalue weighted by molar-refractivity contribution is 0.102. The van der Waals surface area contributed by atoms with E-state index < -0.39 is 15.9 Å².